The minimum Gasteiger partial charge on any atom is -0.387 e. The largest absolute Gasteiger partial charge is 0.387 e. The van der Waals surface area contributed by atoms with E-state index in [4.69, 9.17) is 0 Å². The van der Waals surface area contributed by atoms with E-state index in [0.29, 0.717) is 18.2 Å². The molecule has 4 nitrogen and oxygen atoms in total. The Morgan fingerprint density at radius 3 is 2.59 bits per heavy atom. The summed E-state index contributed by atoms with van der Waals surface area (Å²) < 4.78 is 0. The molecule has 1 unspecified atom stereocenters. The lowest BCUT2D eigenvalue weighted by Crippen LogP contribution is -2.38. The first-order valence-electron chi connectivity index (χ1n) is 5.77. The maximum Gasteiger partial charge on any atom is 0.253 e. The molecule has 0 aliphatic heterocycles. The van der Waals surface area contributed by atoms with Crippen LogP contribution in [0.15, 0.2) is 24.3 Å². The highest BCUT2D eigenvalue weighted by Crippen LogP contribution is 2.13. The van der Waals surface area contributed by atoms with Gasteiger partial charge in [0.2, 0.25) is 0 Å². The van der Waals surface area contributed by atoms with Gasteiger partial charge in [-0.25, -0.2) is 0 Å². The zero-order valence-electron chi connectivity index (χ0n) is 10.9. The van der Waals surface area contributed by atoms with Crippen molar-refractivity contribution in [3.8, 4) is 0 Å². The van der Waals surface area contributed by atoms with E-state index in [1.165, 1.54) is 0 Å². The Kier molecular flexibility index (Phi) is 4.97. The van der Waals surface area contributed by atoms with Gasteiger partial charge in [0.15, 0.2) is 0 Å². The molecule has 0 aliphatic rings. The summed E-state index contributed by atoms with van der Waals surface area (Å²) in [7, 11) is 5.81. The number of amides is 1. The minimum atomic E-state index is -0.0383. The molecule has 0 heterocycles. The van der Waals surface area contributed by atoms with Gasteiger partial charge in [0, 0.05) is 25.3 Å². The van der Waals surface area contributed by atoms with Gasteiger partial charge in [-0.05, 0) is 33.2 Å². The van der Waals surface area contributed by atoms with E-state index in [-0.39, 0.29) is 5.91 Å². The molecule has 1 amide bonds. The molecule has 2 N–H and O–H groups in total. The fraction of sp³-hybridized carbons (Fsp3) is 0.462. The summed E-state index contributed by atoms with van der Waals surface area (Å²) >= 11 is 0. The molecule has 1 atom stereocenters. The topological polar surface area (TPSA) is 44.4 Å². The fourth-order valence-electron chi connectivity index (χ4n) is 1.42. The maximum absolute atomic E-state index is 12.0. The van der Waals surface area contributed by atoms with Crippen LogP contribution < -0.4 is 10.6 Å². The van der Waals surface area contributed by atoms with Crippen molar-refractivity contribution in [3.63, 3.8) is 0 Å². The van der Waals surface area contributed by atoms with Crippen molar-refractivity contribution in [2.24, 2.45) is 0 Å². The van der Waals surface area contributed by atoms with Crippen LogP contribution in [0.1, 0.15) is 17.3 Å². The maximum atomic E-state index is 12.0. The highest BCUT2D eigenvalue weighted by atomic mass is 16.1. The summed E-state index contributed by atoms with van der Waals surface area (Å²) in [6, 6.07) is 7.81. The molecule has 1 aromatic carbocycles. The summed E-state index contributed by atoms with van der Waals surface area (Å²) in [6.45, 7) is 2.72. The quantitative estimate of drug-likeness (QED) is 0.811. The van der Waals surface area contributed by atoms with Gasteiger partial charge in [-0.1, -0.05) is 12.1 Å². The van der Waals surface area contributed by atoms with Crippen molar-refractivity contribution in [2.45, 2.75) is 13.0 Å². The number of nitrogens with one attached hydrogen (secondary N) is 2. The smallest absolute Gasteiger partial charge is 0.253 e. The van der Waals surface area contributed by atoms with E-state index in [9.17, 15) is 4.79 Å². The van der Waals surface area contributed by atoms with Crippen molar-refractivity contribution in [2.75, 3.05) is 33.0 Å². The number of hydrogen-bond acceptors (Lipinski definition) is 3. The Labute approximate surface area is 103 Å². The van der Waals surface area contributed by atoms with Crippen LogP contribution in [-0.4, -0.2) is 44.5 Å². The van der Waals surface area contributed by atoms with Crippen molar-refractivity contribution in [3.05, 3.63) is 29.8 Å². The number of carbonyl (C=O) groups excluding carboxylic acids is 1. The number of benzene rings is 1. The summed E-state index contributed by atoms with van der Waals surface area (Å²) in [5, 5.41) is 5.95. The summed E-state index contributed by atoms with van der Waals surface area (Å²) in [6.07, 6.45) is 0. The van der Waals surface area contributed by atoms with Crippen LogP contribution in [0.2, 0.25) is 0 Å². The van der Waals surface area contributed by atoms with E-state index in [2.05, 4.69) is 22.5 Å². The Hall–Kier alpha value is -1.55. The van der Waals surface area contributed by atoms with Crippen LogP contribution in [0.3, 0.4) is 0 Å². The molecule has 0 bridgehead atoms. The molecule has 0 saturated carbocycles. The third-order valence-corrected chi connectivity index (χ3v) is 2.88. The molecule has 0 fully saturated rings. The third-order valence-electron chi connectivity index (χ3n) is 2.88. The van der Waals surface area contributed by atoms with E-state index in [1.54, 1.807) is 0 Å². The Morgan fingerprint density at radius 2 is 2.00 bits per heavy atom. The highest BCUT2D eigenvalue weighted by molar-refractivity contribution is 5.99. The standard InChI is InChI=1S/C13H21N3O/c1-10(16(3)4)9-15-13(17)11-7-5-6-8-12(11)14-2/h5-8,10,14H,9H2,1-4H3,(H,15,17). The van der Waals surface area contributed by atoms with Gasteiger partial charge < -0.3 is 15.5 Å². The average Bonchev–Trinajstić information content (AvgIpc) is 2.35. The highest BCUT2D eigenvalue weighted by Gasteiger charge is 2.11. The lowest BCUT2D eigenvalue weighted by Gasteiger charge is -2.20. The minimum absolute atomic E-state index is 0.0383. The van der Waals surface area contributed by atoms with Crippen molar-refractivity contribution in [1.82, 2.24) is 10.2 Å². The Morgan fingerprint density at radius 1 is 1.35 bits per heavy atom. The number of hydrogen-bond donors (Lipinski definition) is 2. The molecular formula is C13H21N3O. The van der Waals surface area contributed by atoms with Gasteiger partial charge in [-0.15, -0.1) is 0 Å². The molecule has 0 aromatic heterocycles. The predicted octanol–water partition coefficient (Wildman–Crippen LogP) is 1.41. The first-order chi connectivity index (χ1) is 8.06. The number of para-hydroxylation sites is 1. The van der Waals surface area contributed by atoms with Crippen molar-refractivity contribution in [1.29, 1.82) is 0 Å². The van der Waals surface area contributed by atoms with E-state index < -0.39 is 0 Å². The lowest BCUT2D eigenvalue weighted by molar-refractivity contribution is 0.0944. The van der Waals surface area contributed by atoms with Crippen LogP contribution in [0.4, 0.5) is 5.69 Å². The van der Waals surface area contributed by atoms with Crippen LogP contribution in [0.25, 0.3) is 0 Å². The number of nitrogens with zero attached hydrogens (tertiary/aromatic N) is 1. The van der Waals surface area contributed by atoms with E-state index in [1.807, 2.05) is 45.4 Å². The molecule has 0 aliphatic carbocycles. The molecule has 1 aromatic rings. The predicted molar refractivity (Wildman–Crippen MR) is 71.5 cm³/mol. The number of anilines is 1. The first-order valence-corrected chi connectivity index (χ1v) is 5.77. The molecule has 0 radical (unpaired) electrons. The second kappa shape index (κ2) is 6.25. The fourth-order valence-corrected chi connectivity index (χ4v) is 1.42. The summed E-state index contributed by atoms with van der Waals surface area (Å²) in [5.41, 5.74) is 1.53. The van der Waals surface area contributed by atoms with Crippen LogP contribution >= 0.6 is 0 Å². The summed E-state index contributed by atoms with van der Waals surface area (Å²) in [5.74, 6) is -0.0383. The SMILES string of the molecule is CNc1ccccc1C(=O)NCC(C)N(C)C. The lowest BCUT2D eigenvalue weighted by atomic mass is 10.1. The molecule has 17 heavy (non-hydrogen) atoms. The van der Waals surface area contributed by atoms with Crippen molar-refractivity contribution < 1.29 is 4.79 Å². The molecule has 94 valence electrons. The van der Waals surface area contributed by atoms with E-state index in [0.717, 1.165) is 5.69 Å². The Balaban J connectivity index is 2.64. The number of rotatable bonds is 5. The molecule has 4 heteroatoms. The van der Waals surface area contributed by atoms with Crippen LogP contribution in [0, 0.1) is 0 Å². The zero-order chi connectivity index (χ0) is 12.8. The van der Waals surface area contributed by atoms with Gasteiger partial charge in [0.05, 0.1) is 5.56 Å². The Bertz CT molecular complexity index is 377. The molecule has 0 saturated heterocycles. The van der Waals surface area contributed by atoms with Gasteiger partial charge in [-0.2, -0.15) is 0 Å². The molecule has 0 spiro atoms. The van der Waals surface area contributed by atoms with E-state index >= 15 is 0 Å². The second-order valence-electron chi connectivity index (χ2n) is 4.32. The van der Waals surface area contributed by atoms with Gasteiger partial charge in [0.25, 0.3) is 5.91 Å². The van der Waals surface area contributed by atoms with Crippen LogP contribution in [0.5, 0.6) is 0 Å². The molecule has 1 rings (SSSR count). The van der Waals surface area contributed by atoms with Gasteiger partial charge in [0.1, 0.15) is 0 Å². The van der Waals surface area contributed by atoms with Gasteiger partial charge >= 0.3 is 0 Å². The second-order valence-corrected chi connectivity index (χ2v) is 4.32. The van der Waals surface area contributed by atoms with Gasteiger partial charge in [-0.3, -0.25) is 4.79 Å². The first kappa shape index (κ1) is 13.5. The zero-order valence-corrected chi connectivity index (χ0v) is 10.9. The normalized spacial score (nSPS) is 12.3. The summed E-state index contributed by atoms with van der Waals surface area (Å²) in [4.78, 5) is 14.1. The third kappa shape index (κ3) is 3.75. The molecular weight excluding hydrogens is 214 g/mol. The van der Waals surface area contributed by atoms with Crippen LogP contribution in [-0.2, 0) is 0 Å². The number of likely N-dealkylation sites (N-methyl/N-ethyl adjacent to an activating group) is 1. The average molecular weight is 235 g/mol. The monoisotopic (exact) mass is 235 g/mol. The van der Waals surface area contributed by atoms with Crippen molar-refractivity contribution >= 4 is 11.6 Å². The number of carbonyl (C=O) groups is 1.